The highest BCUT2D eigenvalue weighted by Crippen LogP contribution is 2.29. The quantitative estimate of drug-likeness (QED) is 0.757. The topological polar surface area (TPSA) is 20.2 Å². The van der Waals surface area contributed by atoms with Gasteiger partial charge in [-0.3, -0.25) is 0 Å². The Kier molecular flexibility index (Phi) is 6.07. The number of hydrogen-bond donors (Lipinski definition) is 1. The summed E-state index contributed by atoms with van der Waals surface area (Å²) in [5.41, 5.74) is 2.36. The van der Waals surface area contributed by atoms with Crippen LogP contribution in [-0.2, 0) is 0 Å². The third-order valence-corrected chi connectivity index (χ3v) is 4.35. The van der Waals surface area contributed by atoms with Gasteiger partial charge in [0.15, 0.2) is 0 Å². The van der Waals surface area contributed by atoms with Crippen molar-refractivity contribution < 1.29 is 5.02 Å². The normalized spacial score (nSPS) is 13.7. The maximum Gasteiger partial charge on any atom is 0.324 e. The second-order valence-electron chi connectivity index (χ2n) is 6.02. The van der Waals surface area contributed by atoms with Gasteiger partial charge in [-0.2, -0.15) is 0 Å². The lowest BCUT2D eigenvalue weighted by Gasteiger charge is -2.22. The van der Waals surface area contributed by atoms with E-state index in [4.69, 9.17) is 0 Å². The van der Waals surface area contributed by atoms with Crippen molar-refractivity contribution in [2.45, 2.75) is 38.9 Å². The molecular weight excluding hydrogens is 255 g/mol. The molecule has 1 N–H and O–H groups in total. The van der Waals surface area contributed by atoms with Gasteiger partial charge in [-0.05, 0) is 35.6 Å². The van der Waals surface area contributed by atoms with Crippen LogP contribution in [0.25, 0.3) is 0 Å². The van der Waals surface area contributed by atoms with Crippen molar-refractivity contribution >= 4 is 12.4 Å². The molecule has 110 valence electrons. The van der Waals surface area contributed by atoms with Crippen molar-refractivity contribution in [2.24, 2.45) is 5.92 Å². The molecule has 1 nitrogen and oxygen atoms in total. The molecular formula is C19H25BO. The van der Waals surface area contributed by atoms with E-state index < -0.39 is 0 Å². The molecule has 2 aromatic carbocycles. The molecule has 21 heavy (non-hydrogen) atoms. The summed E-state index contributed by atoms with van der Waals surface area (Å²) in [4.78, 5) is 0. The first-order valence-electron chi connectivity index (χ1n) is 7.98. The van der Waals surface area contributed by atoms with Gasteiger partial charge in [0.25, 0.3) is 0 Å². The molecule has 2 atom stereocenters. The van der Waals surface area contributed by atoms with Crippen LogP contribution < -0.4 is 5.46 Å². The van der Waals surface area contributed by atoms with Crippen molar-refractivity contribution in [3.63, 3.8) is 0 Å². The van der Waals surface area contributed by atoms with E-state index >= 15 is 0 Å². The lowest BCUT2D eigenvalue weighted by atomic mass is 9.54. The molecule has 2 heteroatoms. The van der Waals surface area contributed by atoms with Gasteiger partial charge in [0.1, 0.15) is 0 Å². The fourth-order valence-corrected chi connectivity index (χ4v) is 2.83. The van der Waals surface area contributed by atoms with Crippen molar-refractivity contribution in [1.82, 2.24) is 0 Å². The lowest BCUT2D eigenvalue weighted by Crippen LogP contribution is -2.31. The zero-order valence-corrected chi connectivity index (χ0v) is 13.1. The standard InChI is InChI=1S/C19H25BO/c1-3-16(2)14-18(17-10-6-4-7-11-17)15-20(21)19-12-8-5-9-13-19/h4-13,16,18,21H,3,14-15H2,1-2H3. The molecule has 0 amide bonds. The van der Waals surface area contributed by atoms with Crippen LogP contribution in [-0.4, -0.2) is 11.9 Å². The van der Waals surface area contributed by atoms with Gasteiger partial charge in [-0.25, -0.2) is 0 Å². The molecule has 2 rings (SSSR count). The summed E-state index contributed by atoms with van der Waals surface area (Å²) in [6, 6.07) is 20.6. The van der Waals surface area contributed by atoms with Crippen LogP contribution in [0, 0.1) is 5.92 Å². The van der Waals surface area contributed by atoms with Crippen LogP contribution in [0.4, 0.5) is 0 Å². The maximum absolute atomic E-state index is 10.5. The monoisotopic (exact) mass is 280 g/mol. The lowest BCUT2D eigenvalue weighted by molar-refractivity contribution is 0.460. The molecule has 0 aliphatic rings. The van der Waals surface area contributed by atoms with E-state index in [1.54, 1.807) is 0 Å². The number of benzene rings is 2. The van der Waals surface area contributed by atoms with E-state index in [9.17, 15) is 5.02 Å². The predicted octanol–water partition coefficient (Wildman–Crippen LogP) is 4.10. The van der Waals surface area contributed by atoms with Gasteiger partial charge in [0.05, 0.1) is 0 Å². The van der Waals surface area contributed by atoms with E-state index in [0.717, 1.165) is 18.2 Å². The van der Waals surface area contributed by atoms with Gasteiger partial charge >= 0.3 is 6.92 Å². The van der Waals surface area contributed by atoms with Crippen LogP contribution in [0.5, 0.6) is 0 Å². The summed E-state index contributed by atoms with van der Waals surface area (Å²) in [6.45, 7) is 4.14. The Labute approximate surface area is 129 Å². The first-order chi connectivity index (χ1) is 10.2. The SMILES string of the molecule is CCC(C)CC(CB(O)c1ccccc1)c1ccccc1. The number of hydrogen-bond acceptors (Lipinski definition) is 1. The smallest absolute Gasteiger partial charge is 0.324 e. The van der Waals surface area contributed by atoms with Gasteiger partial charge in [0.2, 0.25) is 0 Å². The van der Waals surface area contributed by atoms with E-state index in [1.165, 1.54) is 12.0 Å². The van der Waals surface area contributed by atoms with Crippen molar-refractivity contribution in [3.05, 3.63) is 66.2 Å². The average Bonchev–Trinajstić information content (AvgIpc) is 2.55. The van der Waals surface area contributed by atoms with E-state index in [0.29, 0.717) is 11.8 Å². The molecule has 0 saturated heterocycles. The van der Waals surface area contributed by atoms with Crippen LogP contribution in [0.15, 0.2) is 60.7 Å². The highest BCUT2D eigenvalue weighted by molar-refractivity contribution is 6.66. The molecule has 0 aromatic heterocycles. The van der Waals surface area contributed by atoms with Crippen LogP contribution in [0.1, 0.15) is 38.2 Å². The first kappa shape index (κ1) is 15.8. The zero-order valence-electron chi connectivity index (χ0n) is 13.1. The van der Waals surface area contributed by atoms with Crippen molar-refractivity contribution in [1.29, 1.82) is 0 Å². The summed E-state index contributed by atoms with van der Waals surface area (Å²) >= 11 is 0. The fourth-order valence-electron chi connectivity index (χ4n) is 2.83. The molecule has 0 aliphatic carbocycles. The molecule has 0 spiro atoms. The van der Waals surface area contributed by atoms with Gasteiger partial charge in [-0.15, -0.1) is 0 Å². The van der Waals surface area contributed by atoms with Crippen molar-refractivity contribution in [2.75, 3.05) is 0 Å². The largest absolute Gasteiger partial charge is 0.446 e. The Morgan fingerprint density at radius 3 is 2.10 bits per heavy atom. The highest BCUT2D eigenvalue weighted by atomic mass is 16.2. The summed E-state index contributed by atoms with van der Waals surface area (Å²) in [5, 5.41) is 10.5. The molecule has 0 bridgehead atoms. The second kappa shape index (κ2) is 8.04. The summed E-state index contributed by atoms with van der Waals surface area (Å²) < 4.78 is 0. The van der Waals surface area contributed by atoms with Gasteiger partial charge in [-0.1, -0.05) is 80.9 Å². The predicted molar refractivity (Wildman–Crippen MR) is 92.1 cm³/mol. The Morgan fingerprint density at radius 1 is 0.952 bits per heavy atom. The minimum Gasteiger partial charge on any atom is -0.446 e. The third kappa shape index (κ3) is 4.75. The molecule has 0 radical (unpaired) electrons. The van der Waals surface area contributed by atoms with E-state index in [-0.39, 0.29) is 6.92 Å². The first-order valence-corrected chi connectivity index (χ1v) is 7.98. The molecule has 0 heterocycles. The minimum atomic E-state index is -0.388. The van der Waals surface area contributed by atoms with Crippen LogP contribution >= 0.6 is 0 Å². The molecule has 0 fully saturated rings. The Morgan fingerprint density at radius 2 is 1.52 bits per heavy atom. The minimum absolute atomic E-state index is 0.388. The Bertz CT molecular complexity index is 512. The molecule has 2 aromatic rings. The average molecular weight is 280 g/mol. The Hall–Kier alpha value is -1.54. The number of rotatable bonds is 7. The molecule has 0 saturated carbocycles. The van der Waals surface area contributed by atoms with Crippen molar-refractivity contribution in [3.8, 4) is 0 Å². The highest BCUT2D eigenvalue weighted by Gasteiger charge is 2.22. The van der Waals surface area contributed by atoms with Crippen LogP contribution in [0.3, 0.4) is 0 Å². The van der Waals surface area contributed by atoms with Crippen LogP contribution in [0.2, 0.25) is 6.32 Å². The molecule has 0 aliphatic heterocycles. The fraction of sp³-hybridized carbons (Fsp3) is 0.368. The zero-order chi connectivity index (χ0) is 15.1. The maximum atomic E-state index is 10.5. The summed E-state index contributed by atoms with van der Waals surface area (Å²) in [7, 11) is 0. The van der Waals surface area contributed by atoms with Gasteiger partial charge < -0.3 is 5.02 Å². The van der Waals surface area contributed by atoms with Gasteiger partial charge in [0, 0.05) is 0 Å². The summed E-state index contributed by atoms with van der Waals surface area (Å²) in [6.07, 6.45) is 3.10. The van der Waals surface area contributed by atoms with E-state index in [2.05, 4.69) is 44.2 Å². The molecule has 2 unspecified atom stereocenters. The summed E-state index contributed by atoms with van der Waals surface area (Å²) in [5.74, 6) is 1.09. The van der Waals surface area contributed by atoms with E-state index in [1.807, 2.05) is 30.3 Å². The Balaban J connectivity index is 2.12. The second-order valence-corrected chi connectivity index (χ2v) is 6.02. The third-order valence-electron chi connectivity index (χ3n) is 4.35.